The molecule has 3 rings (SSSR count). The molecule has 2 unspecified atom stereocenters. The highest BCUT2D eigenvalue weighted by Crippen LogP contribution is 2.50. The third kappa shape index (κ3) is 7.51. The van der Waals surface area contributed by atoms with Crippen LogP contribution in [0.5, 0.6) is 0 Å². The number of nitrogens with zero attached hydrogens (tertiary/aromatic N) is 1. The monoisotopic (exact) mass is 427 g/mol. The molecule has 3 fully saturated rings. The molecule has 31 heavy (non-hydrogen) atoms. The van der Waals surface area contributed by atoms with Crippen molar-refractivity contribution in [3.63, 3.8) is 0 Å². The quantitative estimate of drug-likeness (QED) is 0.301. The molecule has 0 aromatic rings. The second-order valence-corrected chi connectivity index (χ2v) is 12.0. The van der Waals surface area contributed by atoms with Crippen LogP contribution < -0.4 is 0 Å². The Labute approximate surface area is 195 Å². The maximum Gasteiger partial charge on any atom is 0.0689 e. The third-order valence-corrected chi connectivity index (χ3v) is 9.89. The zero-order chi connectivity index (χ0) is 21.9. The molecule has 2 atom stereocenters. The lowest BCUT2D eigenvalue weighted by atomic mass is 9.61. The Balaban J connectivity index is 1.38. The summed E-state index contributed by atoms with van der Waals surface area (Å²) in [4.78, 5) is 0. The van der Waals surface area contributed by atoms with Crippen LogP contribution in [0, 0.1) is 46.3 Å². The van der Waals surface area contributed by atoms with Crippen LogP contribution in [0.15, 0.2) is 0 Å². The minimum absolute atomic E-state index is 0.0322. The van der Waals surface area contributed by atoms with E-state index in [9.17, 15) is 5.26 Å². The average molecular weight is 428 g/mol. The van der Waals surface area contributed by atoms with Crippen molar-refractivity contribution in [2.24, 2.45) is 35.0 Å². The Morgan fingerprint density at radius 2 is 1.26 bits per heavy atom. The van der Waals surface area contributed by atoms with Gasteiger partial charge in [0.25, 0.3) is 0 Å². The predicted molar refractivity (Wildman–Crippen MR) is 134 cm³/mol. The molecule has 0 saturated heterocycles. The first kappa shape index (κ1) is 25.1. The van der Waals surface area contributed by atoms with Gasteiger partial charge in [-0.15, -0.1) is 0 Å². The van der Waals surface area contributed by atoms with E-state index < -0.39 is 0 Å². The molecule has 3 aliphatic carbocycles. The highest BCUT2D eigenvalue weighted by Gasteiger charge is 2.40. The number of unbranched alkanes of at least 4 members (excludes halogenated alkanes) is 5. The van der Waals surface area contributed by atoms with Crippen LogP contribution in [0.2, 0.25) is 0 Å². The fourth-order valence-electron chi connectivity index (χ4n) is 7.80. The van der Waals surface area contributed by atoms with Gasteiger partial charge in [-0.25, -0.2) is 0 Å². The smallest absolute Gasteiger partial charge is 0.0689 e. The van der Waals surface area contributed by atoms with Gasteiger partial charge in [-0.2, -0.15) is 5.26 Å². The number of hydrogen-bond donors (Lipinski definition) is 0. The van der Waals surface area contributed by atoms with Crippen LogP contribution in [0.3, 0.4) is 0 Å². The van der Waals surface area contributed by atoms with E-state index in [0.29, 0.717) is 0 Å². The molecule has 0 spiro atoms. The summed E-state index contributed by atoms with van der Waals surface area (Å²) in [5.74, 6) is 4.93. The maximum absolute atomic E-state index is 10.0. The number of nitriles is 1. The molecule has 178 valence electrons. The topological polar surface area (TPSA) is 23.8 Å². The van der Waals surface area contributed by atoms with Crippen LogP contribution in [0.25, 0.3) is 0 Å². The Morgan fingerprint density at radius 1 is 0.677 bits per heavy atom. The number of hydrogen-bond acceptors (Lipinski definition) is 1. The van der Waals surface area contributed by atoms with E-state index in [1.165, 1.54) is 135 Å². The van der Waals surface area contributed by atoms with Gasteiger partial charge in [-0.05, 0) is 87.4 Å². The lowest BCUT2D eigenvalue weighted by molar-refractivity contribution is 0.0813. The molecular weight excluding hydrogens is 374 g/mol. The highest BCUT2D eigenvalue weighted by atomic mass is 14.5. The molecule has 0 aromatic heterocycles. The van der Waals surface area contributed by atoms with Crippen molar-refractivity contribution >= 4 is 0 Å². The molecule has 0 bridgehead atoms. The Morgan fingerprint density at radius 3 is 1.87 bits per heavy atom. The van der Waals surface area contributed by atoms with E-state index in [2.05, 4.69) is 19.9 Å². The molecular formula is C30H53N. The van der Waals surface area contributed by atoms with Gasteiger partial charge in [0.1, 0.15) is 0 Å². The molecule has 0 N–H and O–H groups in total. The average Bonchev–Trinajstić information content (AvgIpc) is 2.83. The summed E-state index contributed by atoms with van der Waals surface area (Å²) in [5, 5.41) is 10.0. The zero-order valence-electron chi connectivity index (χ0n) is 21.2. The van der Waals surface area contributed by atoms with Crippen molar-refractivity contribution in [3.8, 4) is 6.07 Å². The second kappa shape index (κ2) is 13.3. The van der Waals surface area contributed by atoms with Crippen molar-refractivity contribution in [2.45, 2.75) is 149 Å². The molecule has 3 saturated carbocycles. The largest absolute Gasteiger partial charge is 0.198 e. The standard InChI is InChI=1S/C30H53N/c1-3-5-7-8-11-25-13-15-26(16-14-25)27-17-19-28(20-18-27)29-12-10-22-30(23-29,24-31)21-9-6-4-2/h25-29H,3-23H2,1-2H3. The van der Waals surface area contributed by atoms with Crippen LogP contribution in [0.1, 0.15) is 149 Å². The van der Waals surface area contributed by atoms with E-state index in [1.807, 2.05) is 0 Å². The van der Waals surface area contributed by atoms with Gasteiger partial charge >= 0.3 is 0 Å². The van der Waals surface area contributed by atoms with Crippen LogP contribution in [-0.4, -0.2) is 0 Å². The summed E-state index contributed by atoms with van der Waals surface area (Å²) in [7, 11) is 0. The van der Waals surface area contributed by atoms with Crippen LogP contribution >= 0.6 is 0 Å². The van der Waals surface area contributed by atoms with Crippen molar-refractivity contribution in [1.29, 1.82) is 5.26 Å². The molecule has 0 aromatic carbocycles. The van der Waals surface area contributed by atoms with Gasteiger partial charge in [0, 0.05) is 0 Å². The summed E-state index contributed by atoms with van der Waals surface area (Å²) in [6.07, 6.45) is 29.5. The van der Waals surface area contributed by atoms with Crippen LogP contribution in [0.4, 0.5) is 0 Å². The lowest BCUT2D eigenvalue weighted by Gasteiger charge is -2.43. The van der Waals surface area contributed by atoms with Gasteiger partial charge in [-0.3, -0.25) is 0 Å². The van der Waals surface area contributed by atoms with Gasteiger partial charge in [0.2, 0.25) is 0 Å². The fourth-order valence-corrected chi connectivity index (χ4v) is 7.80. The molecule has 0 amide bonds. The highest BCUT2D eigenvalue weighted by molar-refractivity contribution is 5.03. The third-order valence-electron chi connectivity index (χ3n) is 9.89. The molecule has 0 aliphatic heterocycles. The predicted octanol–water partition coefficient (Wildman–Crippen LogP) is 9.85. The maximum atomic E-state index is 10.0. The molecule has 1 nitrogen and oxygen atoms in total. The van der Waals surface area contributed by atoms with Crippen LogP contribution in [-0.2, 0) is 0 Å². The van der Waals surface area contributed by atoms with Gasteiger partial charge in [0.15, 0.2) is 0 Å². The summed E-state index contributed by atoms with van der Waals surface area (Å²) >= 11 is 0. The molecule has 1 heteroatoms. The van der Waals surface area contributed by atoms with Gasteiger partial charge < -0.3 is 0 Å². The SMILES string of the molecule is CCCCCCC1CCC(C2CCC(C3CCCC(C#N)(CCCCC)C3)CC2)CC1. The Kier molecular flexibility index (Phi) is 10.7. The van der Waals surface area contributed by atoms with Gasteiger partial charge in [-0.1, -0.05) is 90.9 Å². The van der Waals surface area contributed by atoms with E-state index in [4.69, 9.17) is 0 Å². The minimum Gasteiger partial charge on any atom is -0.198 e. The molecule has 0 radical (unpaired) electrons. The normalized spacial score (nSPS) is 36.7. The van der Waals surface area contributed by atoms with Crippen molar-refractivity contribution in [2.75, 3.05) is 0 Å². The zero-order valence-corrected chi connectivity index (χ0v) is 21.2. The van der Waals surface area contributed by atoms with Crippen molar-refractivity contribution in [3.05, 3.63) is 0 Å². The van der Waals surface area contributed by atoms with E-state index >= 15 is 0 Å². The van der Waals surface area contributed by atoms with Gasteiger partial charge in [0.05, 0.1) is 11.5 Å². The molecule has 3 aliphatic rings. The summed E-state index contributed by atoms with van der Waals surface area (Å²) in [6.45, 7) is 4.60. The minimum atomic E-state index is 0.0322. The number of rotatable bonds is 11. The summed E-state index contributed by atoms with van der Waals surface area (Å²) in [5.41, 5.74) is 0.0322. The van der Waals surface area contributed by atoms with Crippen molar-refractivity contribution in [1.82, 2.24) is 0 Å². The second-order valence-electron chi connectivity index (χ2n) is 12.0. The fraction of sp³-hybridized carbons (Fsp3) is 0.967. The summed E-state index contributed by atoms with van der Waals surface area (Å²) < 4.78 is 0. The van der Waals surface area contributed by atoms with E-state index in [-0.39, 0.29) is 5.41 Å². The first-order valence-electron chi connectivity index (χ1n) is 14.6. The van der Waals surface area contributed by atoms with E-state index in [1.54, 1.807) is 0 Å². The summed E-state index contributed by atoms with van der Waals surface area (Å²) in [6, 6.07) is 2.83. The molecule has 0 heterocycles. The Bertz CT molecular complexity index is 517. The van der Waals surface area contributed by atoms with E-state index in [0.717, 1.165) is 29.6 Å². The van der Waals surface area contributed by atoms with Crippen molar-refractivity contribution < 1.29 is 0 Å². The first-order chi connectivity index (χ1) is 15.2. The lowest BCUT2D eigenvalue weighted by Crippen LogP contribution is -2.34. The Hall–Kier alpha value is -0.510. The first-order valence-corrected chi connectivity index (χ1v) is 14.6.